The second kappa shape index (κ2) is 5.89. The molecule has 1 unspecified atom stereocenters. The van der Waals surface area contributed by atoms with Crippen LogP contribution in [0, 0.1) is 0 Å². The van der Waals surface area contributed by atoms with Gasteiger partial charge in [-0.15, -0.1) is 0 Å². The van der Waals surface area contributed by atoms with Crippen molar-refractivity contribution in [2.45, 2.75) is 44.4 Å². The molecule has 1 aliphatic rings. The second-order valence-electron chi connectivity index (χ2n) is 5.02. The third-order valence-electron chi connectivity index (χ3n) is 3.71. The minimum Gasteiger partial charge on any atom is -0.452 e. The molecule has 0 radical (unpaired) electrons. The maximum absolute atomic E-state index is 14.3. The SMILES string of the molecule is CC[C@]1(C)O[C@@H](OC)[C@H](F)C1OC(=O)c1ccccc1. The van der Waals surface area contributed by atoms with Crippen LogP contribution in [0.3, 0.4) is 0 Å². The summed E-state index contributed by atoms with van der Waals surface area (Å²) in [4.78, 5) is 12.1. The van der Waals surface area contributed by atoms with Gasteiger partial charge in [0.1, 0.15) is 5.60 Å². The highest BCUT2D eigenvalue weighted by Crippen LogP contribution is 2.38. The van der Waals surface area contributed by atoms with E-state index in [4.69, 9.17) is 14.2 Å². The van der Waals surface area contributed by atoms with Gasteiger partial charge in [-0.05, 0) is 25.5 Å². The highest BCUT2D eigenvalue weighted by molar-refractivity contribution is 5.89. The molecule has 1 saturated heterocycles. The first-order valence-electron chi connectivity index (χ1n) is 6.62. The average Bonchev–Trinajstić information content (AvgIpc) is 2.73. The van der Waals surface area contributed by atoms with Crippen molar-refractivity contribution in [3.63, 3.8) is 0 Å². The molecule has 4 nitrogen and oxygen atoms in total. The smallest absolute Gasteiger partial charge is 0.338 e. The quantitative estimate of drug-likeness (QED) is 0.797. The van der Waals surface area contributed by atoms with Crippen molar-refractivity contribution in [1.82, 2.24) is 0 Å². The maximum atomic E-state index is 14.3. The maximum Gasteiger partial charge on any atom is 0.338 e. The summed E-state index contributed by atoms with van der Waals surface area (Å²) in [6.45, 7) is 3.58. The van der Waals surface area contributed by atoms with Gasteiger partial charge in [0.05, 0.1) is 5.56 Å². The van der Waals surface area contributed by atoms with E-state index in [1.807, 2.05) is 6.92 Å². The van der Waals surface area contributed by atoms with Gasteiger partial charge in [0.15, 0.2) is 18.6 Å². The molecule has 0 bridgehead atoms. The first-order chi connectivity index (χ1) is 9.51. The largest absolute Gasteiger partial charge is 0.452 e. The summed E-state index contributed by atoms with van der Waals surface area (Å²) in [5.41, 5.74) is -0.496. The molecule has 5 heteroatoms. The van der Waals surface area contributed by atoms with Crippen LogP contribution < -0.4 is 0 Å². The molecule has 1 fully saturated rings. The molecule has 0 aromatic heterocycles. The predicted molar refractivity (Wildman–Crippen MR) is 71.1 cm³/mol. The fourth-order valence-corrected chi connectivity index (χ4v) is 2.29. The van der Waals surface area contributed by atoms with Crippen molar-refractivity contribution in [3.05, 3.63) is 35.9 Å². The van der Waals surface area contributed by atoms with Crippen molar-refractivity contribution < 1.29 is 23.4 Å². The summed E-state index contributed by atoms with van der Waals surface area (Å²) in [5, 5.41) is 0. The minimum absolute atomic E-state index is 0.388. The summed E-state index contributed by atoms with van der Waals surface area (Å²) in [7, 11) is 1.37. The lowest BCUT2D eigenvalue weighted by Crippen LogP contribution is -2.42. The zero-order valence-electron chi connectivity index (χ0n) is 11.8. The van der Waals surface area contributed by atoms with E-state index >= 15 is 0 Å². The Bertz CT molecular complexity index is 464. The van der Waals surface area contributed by atoms with E-state index in [9.17, 15) is 9.18 Å². The first-order valence-corrected chi connectivity index (χ1v) is 6.62. The number of hydrogen-bond acceptors (Lipinski definition) is 4. The molecule has 0 saturated carbocycles. The Kier molecular flexibility index (Phi) is 4.40. The summed E-state index contributed by atoms with van der Waals surface area (Å²) in [6, 6.07) is 8.51. The zero-order valence-corrected chi connectivity index (χ0v) is 11.8. The monoisotopic (exact) mass is 282 g/mol. The molecule has 1 aromatic rings. The van der Waals surface area contributed by atoms with Gasteiger partial charge in [0, 0.05) is 7.11 Å². The lowest BCUT2D eigenvalue weighted by Gasteiger charge is -2.28. The molecule has 1 aliphatic heterocycles. The molecule has 0 spiro atoms. The van der Waals surface area contributed by atoms with Gasteiger partial charge in [-0.2, -0.15) is 0 Å². The van der Waals surface area contributed by atoms with E-state index in [2.05, 4.69) is 0 Å². The molecule has 0 aliphatic carbocycles. The number of rotatable bonds is 4. The molecule has 1 aromatic carbocycles. The lowest BCUT2D eigenvalue weighted by atomic mass is 9.95. The van der Waals surface area contributed by atoms with E-state index < -0.39 is 30.1 Å². The van der Waals surface area contributed by atoms with Gasteiger partial charge in [-0.25, -0.2) is 9.18 Å². The number of carbonyl (C=O) groups excluding carboxylic acids is 1. The third kappa shape index (κ3) is 2.69. The second-order valence-corrected chi connectivity index (χ2v) is 5.02. The lowest BCUT2D eigenvalue weighted by molar-refractivity contribution is -0.166. The van der Waals surface area contributed by atoms with E-state index in [-0.39, 0.29) is 0 Å². The van der Waals surface area contributed by atoms with Crippen LogP contribution in [0.5, 0.6) is 0 Å². The summed E-state index contributed by atoms with van der Waals surface area (Å²) < 4.78 is 30.1. The number of halogens is 1. The fraction of sp³-hybridized carbons (Fsp3) is 0.533. The number of benzene rings is 1. The van der Waals surface area contributed by atoms with E-state index in [0.717, 1.165) is 0 Å². The van der Waals surface area contributed by atoms with Crippen LogP contribution >= 0.6 is 0 Å². The fourth-order valence-electron chi connectivity index (χ4n) is 2.29. The molecular formula is C15H19FO4. The Balaban J connectivity index is 2.16. The first kappa shape index (κ1) is 14.9. The zero-order chi connectivity index (χ0) is 14.8. The summed E-state index contributed by atoms with van der Waals surface area (Å²) in [6.07, 6.45) is -2.98. The average molecular weight is 282 g/mol. The van der Waals surface area contributed by atoms with Gasteiger partial charge in [-0.3, -0.25) is 0 Å². The van der Waals surface area contributed by atoms with Gasteiger partial charge in [-0.1, -0.05) is 25.1 Å². The molecule has 1 heterocycles. The Morgan fingerprint density at radius 3 is 2.60 bits per heavy atom. The Hall–Kier alpha value is -1.46. The van der Waals surface area contributed by atoms with Gasteiger partial charge in [0.2, 0.25) is 0 Å². The van der Waals surface area contributed by atoms with Crippen molar-refractivity contribution in [2.75, 3.05) is 7.11 Å². The predicted octanol–water partition coefficient (Wildman–Crippen LogP) is 2.72. The number of esters is 1. The van der Waals surface area contributed by atoms with Crippen LogP contribution in [0.2, 0.25) is 0 Å². The van der Waals surface area contributed by atoms with Crippen LogP contribution in [-0.2, 0) is 14.2 Å². The van der Waals surface area contributed by atoms with Crippen molar-refractivity contribution in [2.24, 2.45) is 0 Å². The number of hydrogen-bond donors (Lipinski definition) is 0. The van der Waals surface area contributed by atoms with Gasteiger partial charge >= 0.3 is 5.97 Å². The van der Waals surface area contributed by atoms with Crippen molar-refractivity contribution >= 4 is 5.97 Å². The number of methoxy groups -OCH3 is 1. The van der Waals surface area contributed by atoms with Crippen molar-refractivity contribution in [1.29, 1.82) is 0 Å². The molecular weight excluding hydrogens is 263 g/mol. The number of carbonyl (C=O) groups is 1. The molecule has 0 N–H and O–H groups in total. The number of ether oxygens (including phenoxy) is 3. The van der Waals surface area contributed by atoms with Crippen LogP contribution in [0.25, 0.3) is 0 Å². The molecule has 0 amide bonds. The van der Waals surface area contributed by atoms with E-state index in [1.165, 1.54) is 7.11 Å². The van der Waals surface area contributed by atoms with Gasteiger partial charge in [0.25, 0.3) is 0 Å². The van der Waals surface area contributed by atoms with E-state index in [1.54, 1.807) is 37.3 Å². The van der Waals surface area contributed by atoms with Crippen LogP contribution in [0.1, 0.15) is 30.6 Å². The standard InChI is InChI=1S/C15H19FO4/c1-4-15(2)12(11(16)14(18-3)20-15)19-13(17)10-8-6-5-7-9-10/h5-9,11-12,14H,4H2,1-3H3/t11-,12?,14-,15+/m1/s1. The highest BCUT2D eigenvalue weighted by Gasteiger charge is 2.54. The number of alkyl halides is 1. The van der Waals surface area contributed by atoms with Crippen LogP contribution in [0.4, 0.5) is 4.39 Å². The Labute approximate surface area is 117 Å². The highest BCUT2D eigenvalue weighted by atomic mass is 19.1. The molecule has 2 rings (SSSR count). The third-order valence-corrected chi connectivity index (χ3v) is 3.71. The summed E-state index contributed by atoms with van der Waals surface area (Å²) >= 11 is 0. The molecule has 20 heavy (non-hydrogen) atoms. The van der Waals surface area contributed by atoms with Crippen LogP contribution in [-0.4, -0.2) is 37.2 Å². The Morgan fingerprint density at radius 1 is 1.40 bits per heavy atom. The normalized spacial score (nSPS) is 33.1. The topological polar surface area (TPSA) is 44.8 Å². The molecule has 4 atom stereocenters. The van der Waals surface area contributed by atoms with Crippen molar-refractivity contribution in [3.8, 4) is 0 Å². The van der Waals surface area contributed by atoms with Crippen LogP contribution in [0.15, 0.2) is 30.3 Å². The Morgan fingerprint density at radius 2 is 2.05 bits per heavy atom. The summed E-state index contributed by atoms with van der Waals surface area (Å²) in [5.74, 6) is -0.557. The van der Waals surface area contributed by atoms with Gasteiger partial charge < -0.3 is 14.2 Å². The minimum atomic E-state index is -1.50. The molecule has 110 valence electrons. The van der Waals surface area contributed by atoms with E-state index in [0.29, 0.717) is 12.0 Å².